The molecule has 0 fully saturated rings. The first-order valence-corrected chi connectivity index (χ1v) is 6.84. The first-order valence-electron chi connectivity index (χ1n) is 6.84. The second-order valence-electron chi connectivity index (χ2n) is 4.75. The van der Waals surface area contributed by atoms with Gasteiger partial charge in [-0.2, -0.15) is 0 Å². The average molecular weight is 330 g/mol. The number of hydrogen-bond donors (Lipinski definition) is 2. The van der Waals surface area contributed by atoms with Crippen molar-refractivity contribution in [3.63, 3.8) is 0 Å². The molecule has 2 aromatic rings. The second-order valence-corrected chi connectivity index (χ2v) is 4.75. The van der Waals surface area contributed by atoms with E-state index in [2.05, 4.69) is 10.1 Å². The number of carboxylic acid groups (broad SMARTS) is 1. The summed E-state index contributed by atoms with van der Waals surface area (Å²) in [5.41, 5.74) is -0.821. The molecule has 1 aromatic carbocycles. The van der Waals surface area contributed by atoms with E-state index in [1.165, 1.54) is 31.5 Å². The number of anilines is 1. The third-order valence-electron chi connectivity index (χ3n) is 3.17. The molecule has 0 saturated carbocycles. The van der Waals surface area contributed by atoms with E-state index in [-0.39, 0.29) is 11.3 Å². The highest BCUT2D eigenvalue weighted by atomic mass is 16.5. The molecule has 0 atom stereocenters. The lowest BCUT2D eigenvalue weighted by Gasteiger charge is -2.10. The molecule has 124 valence electrons. The topological polar surface area (TPSA) is 115 Å². The lowest BCUT2D eigenvalue weighted by molar-refractivity contribution is -0.116. The fourth-order valence-corrected chi connectivity index (χ4v) is 2.05. The quantitative estimate of drug-likeness (QED) is 0.790. The molecule has 0 saturated heterocycles. The van der Waals surface area contributed by atoms with Gasteiger partial charge in [-0.3, -0.25) is 9.59 Å². The van der Waals surface area contributed by atoms with Gasteiger partial charge in [0.1, 0.15) is 12.1 Å². The van der Waals surface area contributed by atoms with Crippen molar-refractivity contribution in [2.24, 2.45) is 0 Å². The minimum absolute atomic E-state index is 0.167. The standard InChI is InChI=1S/C16H14N2O6/c1-24-16(23)10-5-2-3-7-12(10)17-13(19)9-18-8-4-6-11(14(18)20)15(21)22/h2-8H,9H2,1H3,(H,17,19)(H,21,22). The lowest BCUT2D eigenvalue weighted by Crippen LogP contribution is -2.30. The van der Waals surface area contributed by atoms with Gasteiger partial charge in [-0.15, -0.1) is 0 Å². The van der Waals surface area contributed by atoms with Crippen molar-refractivity contribution in [2.75, 3.05) is 12.4 Å². The summed E-state index contributed by atoms with van der Waals surface area (Å²) in [5.74, 6) is -2.57. The Bertz CT molecular complexity index is 856. The molecule has 1 heterocycles. The van der Waals surface area contributed by atoms with Crippen molar-refractivity contribution in [1.82, 2.24) is 4.57 Å². The fourth-order valence-electron chi connectivity index (χ4n) is 2.05. The molecule has 0 aliphatic heterocycles. The summed E-state index contributed by atoms with van der Waals surface area (Å²) in [6.45, 7) is -0.393. The van der Waals surface area contributed by atoms with E-state index in [0.717, 1.165) is 10.6 Å². The highest BCUT2D eigenvalue weighted by Crippen LogP contribution is 2.15. The molecule has 0 unspecified atom stereocenters. The molecular weight excluding hydrogens is 316 g/mol. The normalized spacial score (nSPS) is 10.0. The van der Waals surface area contributed by atoms with Gasteiger partial charge < -0.3 is 19.7 Å². The number of para-hydroxylation sites is 1. The number of carboxylic acids is 1. The number of ether oxygens (including phenoxy) is 1. The van der Waals surface area contributed by atoms with E-state index in [1.807, 2.05) is 0 Å². The molecule has 0 aliphatic carbocycles. The zero-order valence-electron chi connectivity index (χ0n) is 12.7. The Labute approximate surface area is 136 Å². The molecule has 24 heavy (non-hydrogen) atoms. The van der Waals surface area contributed by atoms with Crippen molar-refractivity contribution >= 4 is 23.5 Å². The van der Waals surface area contributed by atoms with Crippen molar-refractivity contribution in [1.29, 1.82) is 0 Å². The van der Waals surface area contributed by atoms with Gasteiger partial charge in [0, 0.05) is 6.20 Å². The molecule has 0 spiro atoms. The largest absolute Gasteiger partial charge is 0.477 e. The maximum atomic E-state index is 12.1. The Morgan fingerprint density at radius 1 is 1.12 bits per heavy atom. The predicted octanol–water partition coefficient (Wildman–Crippen LogP) is 0.972. The van der Waals surface area contributed by atoms with Crippen molar-refractivity contribution in [2.45, 2.75) is 6.54 Å². The number of carbonyl (C=O) groups is 3. The van der Waals surface area contributed by atoms with Crippen molar-refractivity contribution in [3.8, 4) is 0 Å². The van der Waals surface area contributed by atoms with Crippen LogP contribution in [0.1, 0.15) is 20.7 Å². The first-order chi connectivity index (χ1) is 11.4. The van der Waals surface area contributed by atoms with E-state index in [1.54, 1.807) is 12.1 Å². The minimum atomic E-state index is -1.37. The third kappa shape index (κ3) is 3.67. The van der Waals surface area contributed by atoms with Gasteiger partial charge >= 0.3 is 11.9 Å². The van der Waals surface area contributed by atoms with E-state index in [9.17, 15) is 19.2 Å². The van der Waals surface area contributed by atoms with Crippen LogP contribution in [0.4, 0.5) is 5.69 Å². The van der Waals surface area contributed by atoms with Crippen molar-refractivity contribution in [3.05, 3.63) is 64.1 Å². The van der Waals surface area contributed by atoms with Gasteiger partial charge in [-0.25, -0.2) is 9.59 Å². The predicted molar refractivity (Wildman–Crippen MR) is 84.1 cm³/mol. The SMILES string of the molecule is COC(=O)c1ccccc1NC(=O)Cn1cccc(C(=O)O)c1=O. The average Bonchev–Trinajstić information content (AvgIpc) is 2.56. The summed E-state index contributed by atoms with van der Waals surface area (Å²) in [6.07, 6.45) is 1.31. The number of pyridine rings is 1. The molecule has 1 aromatic heterocycles. The van der Waals surface area contributed by atoms with Gasteiger partial charge in [0.25, 0.3) is 5.56 Å². The van der Waals surface area contributed by atoms with E-state index >= 15 is 0 Å². The Hall–Kier alpha value is -3.42. The molecule has 2 rings (SSSR count). The molecular formula is C16H14N2O6. The number of amides is 1. The summed E-state index contributed by atoms with van der Waals surface area (Å²) in [5, 5.41) is 11.4. The number of nitrogens with one attached hydrogen (secondary N) is 1. The van der Waals surface area contributed by atoms with Crippen LogP contribution in [-0.2, 0) is 16.1 Å². The Morgan fingerprint density at radius 2 is 1.79 bits per heavy atom. The van der Waals surface area contributed by atoms with Crippen LogP contribution in [0.25, 0.3) is 0 Å². The molecule has 2 N–H and O–H groups in total. The van der Waals surface area contributed by atoms with Crippen LogP contribution >= 0.6 is 0 Å². The summed E-state index contributed by atoms with van der Waals surface area (Å²) in [6, 6.07) is 8.76. The summed E-state index contributed by atoms with van der Waals surface area (Å²) in [4.78, 5) is 46.6. The molecule has 0 bridgehead atoms. The van der Waals surface area contributed by atoms with Crippen LogP contribution in [0.3, 0.4) is 0 Å². The summed E-state index contributed by atoms with van der Waals surface area (Å²) < 4.78 is 5.60. The molecule has 1 amide bonds. The van der Waals surface area contributed by atoms with Gasteiger partial charge in [-0.1, -0.05) is 12.1 Å². The fraction of sp³-hybridized carbons (Fsp3) is 0.125. The Kier molecular flexibility index (Phi) is 5.10. The minimum Gasteiger partial charge on any atom is -0.477 e. The number of nitrogens with zero attached hydrogens (tertiary/aromatic N) is 1. The molecule has 8 nitrogen and oxygen atoms in total. The lowest BCUT2D eigenvalue weighted by atomic mass is 10.2. The number of benzene rings is 1. The number of methoxy groups -OCH3 is 1. The van der Waals surface area contributed by atoms with Crippen LogP contribution in [0, 0.1) is 0 Å². The third-order valence-corrected chi connectivity index (χ3v) is 3.17. The molecule has 0 radical (unpaired) electrons. The van der Waals surface area contributed by atoms with Crippen LogP contribution in [-0.4, -0.2) is 34.6 Å². The van der Waals surface area contributed by atoms with Crippen LogP contribution in [0.2, 0.25) is 0 Å². The molecule has 8 heteroatoms. The number of hydrogen-bond acceptors (Lipinski definition) is 5. The van der Waals surface area contributed by atoms with Gasteiger partial charge in [0.05, 0.1) is 18.4 Å². The van der Waals surface area contributed by atoms with Crippen LogP contribution in [0.5, 0.6) is 0 Å². The van der Waals surface area contributed by atoms with E-state index in [0.29, 0.717) is 0 Å². The van der Waals surface area contributed by atoms with Crippen LogP contribution in [0.15, 0.2) is 47.4 Å². The highest BCUT2D eigenvalue weighted by Gasteiger charge is 2.15. The summed E-state index contributed by atoms with van der Waals surface area (Å²) in [7, 11) is 1.22. The number of carbonyl (C=O) groups excluding carboxylic acids is 2. The van der Waals surface area contributed by atoms with Crippen LogP contribution < -0.4 is 10.9 Å². The van der Waals surface area contributed by atoms with E-state index in [4.69, 9.17) is 5.11 Å². The number of aromatic nitrogens is 1. The smallest absolute Gasteiger partial charge is 0.341 e. The second kappa shape index (κ2) is 7.23. The maximum Gasteiger partial charge on any atom is 0.341 e. The Morgan fingerprint density at radius 3 is 2.46 bits per heavy atom. The zero-order chi connectivity index (χ0) is 17.7. The monoisotopic (exact) mass is 330 g/mol. The summed E-state index contributed by atoms with van der Waals surface area (Å²) >= 11 is 0. The number of rotatable bonds is 5. The maximum absolute atomic E-state index is 12.1. The zero-order valence-corrected chi connectivity index (χ0v) is 12.7. The van der Waals surface area contributed by atoms with Gasteiger partial charge in [0.2, 0.25) is 5.91 Å². The highest BCUT2D eigenvalue weighted by molar-refractivity contribution is 6.01. The first kappa shape index (κ1) is 16.9. The number of esters is 1. The molecule has 0 aliphatic rings. The van der Waals surface area contributed by atoms with Gasteiger partial charge in [0.15, 0.2) is 0 Å². The van der Waals surface area contributed by atoms with E-state index < -0.39 is 35.5 Å². The number of aromatic carboxylic acids is 1. The van der Waals surface area contributed by atoms with Gasteiger partial charge in [-0.05, 0) is 24.3 Å². The van der Waals surface area contributed by atoms with Crippen molar-refractivity contribution < 1.29 is 24.2 Å². The Balaban J connectivity index is 2.21.